The number of rotatable bonds is 7. The molecule has 0 amide bonds. The molecule has 1 aromatic carbocycles. The van der Waals surface area contributed by atoms with Crippen LogP contribution in [0.5, 0.6) is 0 Å². The number of benzene rings is 1. The number of likely N-dealkylation sites (tertiary alicyclic amines) is 1. The molecule has 1 N–H and O–H groups in total. The molecule has 3 rings (SSSR count). The molecule has 2 fully saturated rings. The quantitative estimate of drug-likeness (QED) is 0.339. The topological polar surface area (TPSA) is 55.3 Å². The number of nitrogens with one attached hydrogen (secondary N) is 1. The maximum Gasteiger partial charge on any atom is 0.193 e. The van der Waals surface area contributed by atoms with Crippen molar-refractivity contribution in [3.05, 3.63) is 35.1 Å². The molecule has 1 atom stereocenters. The van der Waals surface area contributed by atoms with Crippen molar-refractivity contribution in [1.82, 2.24) is 10.2 Å². The second-order valence-corrected chi connectivity index (χ2v) is 7.41. The van der Waals surface area contributed by atoms with Crippen LogP contribution in [0.3, 0.4) is 0 Å². The number of halogens is 2. The fourth-order valence-corrected chi connectivity index (χ4v) is 3.77. The van der Waals surface area contributed by atoms with E-state index in [1.807, 2.05) is 6.07 Å². The second kappa shape index (κ2) is 12.7. The molecule has 1 unspecified atom stereocenters. The molecule has 0 radical (unpaired) electrons. The maximum absolute atomic E-state index is 13.8. The lowest BCUT2D eigenvalue weighted by molar-refractivity contribution is -0.0367. The highest BCUT2D eigenvalue weighted by molar-refractivity contribution is 14.0. The van der Waals surface area contributed by atoms with Crippen LogP contribution in [0.4, 0.5) is 4.39 Å². The Morgan fingerprint density at radius 3 is 2.76 bits per heavy atom. The molecule has 6 nitrogen and oxygen atoms in total. The van der Waals surface area contributed by atoms with Gasteiger partial charge in [0.05, 0.1) is 25.4 Å². The third-order valence-corrected chi connectivity index (χ3v) is 5.36. The van der Waals surface area contributed by atoms with Crippen molar-refractivity contribution in [3.63, 3.8) is 0 Å². The summed E-state index contributed by atoms with van der Waals surface area (Å²) in [6.07, 6.45) is 4.82. The molecular weight excluding hydrogens is 488 g/mol. The van der Waals surface area contributed by atoms with Gasteiger partial charge in [-0.3, -0.25) is 4.99 Å². The Bertz CT molecular complexity index is 648. The van der Waals surface area contributed by atoms with Gasteiger partial charge >= 0.3 is 0 Å². The molecule has 164 valence electrons. The molecular formula is C21H33FIN3O3. The van der Waals surface area contributed by atoms with Crippen molar-refractivity contribution in [3.8, 4) is 0 Å². The van der Waals surface area contributed by atoms with Crippen LogP contribution in [0, 0.1) is 5.82 Å². The van der Waals surface area contributed by atoms with Crippen molar-refractivity contribution in [2.24, 2.45) is 4.99 Å². The largest absolute Gasteiger partial charge is 0.380 e. The van der Waals surface area contributed by atoms with E-state index < -0.39 is 0 Å². The van der Waals surface area contributed by atoms with Crippen LogP contribution >= 0.6 is 24.0 Å². The van der Waals surface area contributed by atoms with Gasteiger partial charge in [0.25, 0.3) is 0 Å². The summed E-state index contributed by atoms with van der Waals surface area (Å²) >= 11 is 0. The summed E-state index contributed by atoms with van der Waals surface area (Å²) in [6.45, 7) is 4.27. The van der Waals surface area contributed by atoms with Crippen molar-refractivity contribution in [1.29, 1.82) is 0 Å². The first-order chi connectivity index (χ1) is 13.7. The number of nitrogens with zero attached hydrogens (tertiary/aromatic N) is 2. The number of methoxy groups -OCH3 is 1. The summed E-state index contributed by atoms with van der Waals surface area (Å²) in [6, 6.07) is 5.12. The summed E-state index contributed by atoms with van der Waals surface area (Å²) in [4.78, 5) is 6.66. The number of hydrogen-bond acceptors (Lipinski definition) is 4. The zero-order valence-electron chi connectivity index (χ0n) is 17.4. The van der Waals surface area contributed by atoms with Gasteiger partial charge in [-0.05, 0) is 43.4 Å². The van der Waals surface area contributed by atoms with E-state index in [1.165, 1.54) is 6.07 Å². The highest BCUT2D eigenvalue weighted by Gasteiger charge is 2.24. The van der Waals surface area contributed by atoms with E-state index in [2.05, 4.69) is 15.2 Å². The summed E-state index contributed by atoms with van der Waals surface area (Å²) in [5.74, 6) is 0.634. The van der Waals surface area contributed by atoms with Crippen molar-refractivity contribution < 1.29 is 18.6 Å². The minimum absolute atomic E-state index is 0. The van der Waals surface area contributed by atoms with Gasteiger partial charge in [-0.15, -0.1) is 24.0 Å². The Balaban J connectivity index is 0.00000300. The van der Waals surface area contributed by atoms with Gasteiger partial charge in [-0.2, -0.15) is 0 Å². The average molecular weight is 521 g/mol. The summed E-state index contributed by atoms with van der Waals surface area (Å²) < 4.78 is 30.5. The predicted molar refractivity (Wildman–Crippen MR) is 122 cm³/mol. The highest BCUT2D eigenvalue weighted by atomic mass is 127. The molecule has 0 saturated carbocycles. The molecule has 2 aliphatic heterocycles. The normalized spacial score (nSPS) is 20.6. The van der Waals surface area contributed by atoms with Gasteiger partial charge in [0.1, 0.15) is 5.82 Å². The van der Waals surface area contributed by atoms with E-state index in [4.69, 9.17) is 14.2 Å². The smallest absolute Gasteiger partial charge is 0.193 e. The first-order valence-corrected chi connectivity index (χ1v) is 10.1. The summed E-state index contributed by atoms with van der Waals surface area (Å²) in [5.41, 5.74) is 1.57. The number of piperidine rings is 1. The van der Waals surface area contributed by atoms with Gasteiger partial charge in [0.2, 0.25) is 0 Å². The number of aliphatic imine (C=N–C) groups is 1. The molecule has 0 bridgehead atoms. The average Bonchev–Trinajstić information content (AvgIpc) is 3.24. The van der Waals surface area contributed by atoms with Crippen molar-refractivity contribution >= 4 is 29.9 Å². The molecule has 1 aromatic rings. The van der Waals surface area contributed by atoms with Crippen LogP contribution in [-0.2, 0) is 27.4 Å². The summed E-state index contributed by atoms with van der Waals surface area (Å²) in [5, 5.41) is 3.39. The van der Waals surface area contributed by atoms with Crippen LogP contribution in [0.2, 0.25) is 0 Å². The fourth-order valence-electron chi connectivity index (χ4n) is 3.77. The number of guanidine groups is 1. The zero-order chi connectivity index (χ0) is 19.8. The first kappa shape index (κ1) is 24.3. The van der Waals surface area contributed by atoms with Crippen LogP contribution in [0.25, 0.3) is 0 Å². The maximum atomic E-state index is 13.8. The summed E-state index contributed by atoms with van der Waals surface area (Å²) in [7, 11) is 3.36. The van der Waals surface area contributed by atoms with Crippen molar-refractivity contribution in [2.75, 3.05) is 40.5 Å². The van der Waals surface area contributed by atoms with Crippen LogP contribution in [0.1, 0.15) is 36.8 Å². The number of hydrogen-bond donors (Lipinski definition) is 1. The monoisotopic (exact) mass is 521 g/mol. The van der Waals surface area contributed by atoms with E-state index >= 15 is 0 Å². The lowest BCUT2D eigenvalue weighted by Gasteiger charge is -2.34. The third-order valence-electron chi connectivity index (χ3n) is 5.36. The van der Waals surface area contributed by atoms with E-state index in [0.717, 1.165) is 56.9 Å². The zero-order valence-corrected chi connectivity index (χ0v) is 19.7. The lowest BCUT2D eigenvalue weighted by atomic mass is 10.1. The van der Waals surface area contributed by atoms with E-state index in [-0.39, 0.29) is 42.5 Å². The van der Waals surface area contributed by atoms with Crippen molar-refractivity contribution in [2.45, 2.75) is 51.0 Å². The van der Waals surface area contributed by atoms with E-state index in [9.17, 15) is 4.39 Å². The Morgan fingerprint density at radius 1 is 1.31 bits per heavy atom. The SMILES string of the molecule is CN=C(NCc1ccc(F)c(COC)c1)N1CCC(OCC2CCCO2)CC1.I. The third kappa shape index (κ3) is 7.34. The van der Waals surface area contributed by atoms with Crippen LogP contribution < -0.4 is 5.32 Å². The van der Waals surface area contributed by atoms with Gasteiger partial charge in [0.15, 0.2) is 5.96 Å². The molecule has 2 aliphatic rings. The molecule has 0 spiro atoms. The van der Waals surface area contributed by atoms with Gasteiger partial charge in [0, 0.05) is 46.0 Å². The van der Waals surface area contributed by atoms with Gasteiger partial charge in [-0.25, -0.2) is 4.39 Å². The molecule has 2 heterocycles. The van der Waals surface area contributed by atoms with Gasteiger partial charge < -0.3 is 24.4 Å². The van der Waals surface area contributed by atoms with Crippen LogP contribution in [-0.4, -0.2) is 63.5 Å². The molecule has 8 heteroatoms. The Morgan fingerprint density at radius 2 is 2.10 bits per heavy atom. The Kier molecular flexibility index (Phi) is 10.6. The molecule has 0 aliphatic carbocycles. The Labute approximate surface area is 190 Å². The highest BCUT2D eigenvalue weighted by Crippen LogP contribution is 2.18. The van der Waals surface area contributed by atoms with E-state index in [0.29, 0.717) is 24.8 Å². The molecule has 0 aromatic heterocycles. The first-order valence-electron chi connectivity index (χ1n) is 10.1. The Hall–Kier alpha value is -0.970. The number of ether oxygens (including phenoxy) is 3. The standard InChI is InChI=1S/C21H32FN3O3.HI/c1-23-21(24-13-16-5-6-20(22)17(12-16)14-26-2)25-9-7-18(8-10-25)28-15-19-4-3-11-27-19;/h5-6,12,18-19H,3-4,7-11,13-15H2,1-2H3,(H,23,24);1H. The van der Waals surface area contributed by atoms with E-state index in [1.54, 1.807) is 20.2 Å². The second-order valence-electron chi connectivity index (χ2n) is 7.41. The minimum Gasteiger partial charge on any atom is -0.380 e. The fraction of sp³-hybridized carbons (Fsp3) is 0.667. The van der Waals surface area contributed by atoms with Gasteiger partial charge in [-0.1, -0.05) is 6.07 Å². The lowest BCUT2D eigenvalue weighted by Crippen LogP contribution is -2.47. The predicted octanol–water partition coefficient (Wildman–Crippen LogP) is 3.33. The van der Waals surface area contributed by atoms with Crippen LogP contribution in [0.15, 0.2) is 23.2 Å². The molecule has 2 saturated heterocycles. The minimum atomic E-state index is -0.236. The molecule has 29 heavy (non-hydrogen) atoms.